The van der Waals surface area contributed by atoms with Crippen LogP contribution in [0.3, 0.4) is 0 Å². The number of hydrogen-bond donors (Lipinski definition) is 2. The summed E-state index contributed by atoms with van der Waals surface area (Å²) >= 11 is 0. The zero-order chi connectivity index (χ0) is 23.7. The maximum absolute atomic E-state index is 14.7. The van der Waals surface area contributed by atoms with E-state index >= 15 is 0 Å². The molecule has 178 valence electrons. The van der Waals surface area contributed by atoms with Gasteiger partial charge in [0.2, 0.25) is 5.95 Å². The minimum Gasteiger partial charge on any atom is -0.379 e. The predicted octanol–water partition coefficient (Wildman–Crippen LogP) is 2.45. The first-order valence-electron chi connectivity index (χ1n) is 11.7. The molecule has 3 aromatic heterocycles. The minimum absolute atomic E-state index is 0.0131. The highest BCUT2D eigenvalue weighted by atomic mass is 19.1. The minimum atomic E-state index is -1.03. The number of morpholine rings is 1. The molecule has 1 saturated heterocycles. The van der Waals surface area contributed by atoms with Gasteiger partial charge in [-0.15, -0.1) is 0 Å². The summed E-state index contributed by atoms with van der Waals surface area (Å²) in [4.78, 5) is 14.8. The number of ether oxygens (including phenoxy) is 1. The fraction of sp³-hybridized carbons (Fsp3) is 0.480. The number of aryl methyl sites for hydroxylation is 1. The summed E-state index contributed by atoms with van der Waals surface area (Å²) in [6.45, 7) is 6.87. The Hall–Kier alpha value is -3.06. The molecule has 1 aliphatic carbocycles. The smallest absolute Gasteiger partial charge is 0.220 e. The third-order valence-corrected chi connectivity index (χ3v) is 6.58. The average molecular weight is 465 g/mol. The van der Waals surface area contributed by atoms with Gasteiger partial charge in [-0.3, -0.25) is 4.90 Å². The van der Waals surface area contributed by atoms with Crippen LogP contribution in [0, 0.1) is 23.6 Å². The number of hydrogen-bond acceptors (Lipinski definition) is 7. The van der Waals surface area contributed by atoms with E-state index in [9.17, 15) is 9.50 Å². The normalized spacial score (nSPS) is 18.4. The van der Waals surface area contributed by atoms with Gasteiger partial charge in [0.15, 0.2) is 5.82 Å². The summed E-state index contributed by atoms with van der Waals surface area (Å²) in [5.41, 5.74) is 6.89. The average Bonchev–Trinajstić information content (AvgIpc) is 3.64. The number of aromatic nitrogens is 4. The Labute approximate surface area is 198 Å². The molecule has 0 amide bonds. The monoisotopic (exact) mass is 464 g/mol. The van der Waals surface area contributed by atoms with Crippen molar-refractivity contribution in [1.29, 1.82) is 0 Å². The van der Waals surface area contributed by atoms with Gasteiger partial charge in [-0.1, -0.05) is 5.92 Å². The van der Waals surface area contributed by atoms with Gasteiger partial charge in [0.25, 0.3) is 0 Å². The van der Waals surface area contributed by atoms with Crippen LogP contribution in [0.5, 0.6) is 0 Å². The van der Waals surface area contributed by atoms with Crippen molar-refractivity contribution in [2.24, 2.45) is 5.92 Å². The van der Waals surface area contributed by atoms with Gasteiger partial charge in [0.1, 0.15) is 17.0 Å². The molecule has 2 fully saturated rings. The molecule has 4 heterocycles. The number of anilines is 1. The second kappa shape index (κ2) is 9.29. The van der Waals surface area contributed by atoms with Gasteiger partial charge in [-0.25, -0.2) is 19.3 Å². The van der Waals surface area contributed by atoms with Crippen LogP contribution in [-0.2, 0) is 11.3 Å². The van der Waals surface area contributed by atoms with E-state index in [2.05, 4.69) is 36.3 Å². The van der Waals surface area contributed by atoms with Gasteiger partial charge in [0.05, 0.1) is 31.1 Å². The molecule has 9 heteroatoms. The summed E-state index contributed by atoms with van der Waals surface area (Å²) in [6, 6.07) is 1.83. The summed E-state index contributed by atoms with van der Waals surface area (Å²) in [5, 5.41) is 11.3. The molecule has 34 heavy (non-hydrogen) atoms. The van der Waals surface area contributed by atoms with Crippen LogP contribution in [0.2, 0.25) is 0 Å². The molecule has 1 unspecified atom stereocenters. The number of rotatable bonds is 6. The molecule has 1 aliphatic heterocycles. The highest BCUT2D eigenvalue weighted by Crippen LogP contribution is 2.39. The number of nitrogen functional groups attached to an aromatic ring is 1. The van der Waals surface area contributed by atoms with E-state index in [4.69, 9.17) is 10.5 Å². The zero-order valence-corrected chi connectivity index (χ0v) is 19.3. The Balaban J connectivity index is 1.48. The first-order chi connectivity index (χ1) is 16.4. The van der Waals surface area contributed by atoms with Gasteiger partial charge >= 0.3 is 0 Å². The van der Waals surface area contributed by atoms with Crippen LogP contribution >= 0.6 is 0 Å². The van der Waals surface area contributed by atoms with Crippen LogP contribution in [0.15, 0.2) is 24.7 Å². The predicted molar refractivity (Wildman–Crippen MR) is 127 cm³/mol. The Bertz CT molecular complexity index is 1250. The fourth-order valence-electron chi connectivity index (χ4n) is 4.43. The maximum Gasteiger partial charge on any atom is 0.220 e. The Morgan fingerprint density at radius 2 is 2.03 bits per heavy atom. The highest BCUT2D eigenvalue weighted by molar-refractivity contribution is 5.95. The SMILES string of the molecule is CC(O)(C#Cc1cc2c(-c3nc(N)ncc3F)cn(CCCN3CCOCC3)c2cn1)C1CC1. The van der Waals surface area contributed by atoms with Crippen LogP contribution < -0.4 is 5.73 Å². The lowest BCUT2D eigenvalue weighted by Crippen LogP contribution is -2.37. The number of nitrogens with zero attached hydrogens (tertiary/aromatic N) is 5. The zero-order valence-electron chi connectivity index (χ0n) is 19.3. The van der Waals surface area contributed by atoms with Crippen LogP contribution in [-0.4, -0.2) is 68.0 Å². The molecule has 0 bridgehead atoms. The Morgan fingerprint density at radius 3 is 2.79 bits per heavy atom. The van der Waals surface area contributed by atoms with Gasteiger partial charge in [0, 0.05) is 43.3 Å². The molecule has 8 nitrogen and oxygen atoms in total. The molecule has 5 rings (SSSR count). The number of halogens is 1. The summed E-state index contributed by atoms with van der Waals surface area (Å²) in [5.74, 6) is 5.66. The number of fused-ring (bicyclic) bond motifs is 1. The van der Waals surface area contributed by atoms with Gasteiger partial charge in [-0.05, 0) is 44.1 Å². The third kappa shape index (κ3) is 4.89. The number of pyridine rings is 1. The van der Waals surface area contributed by atoms with Crippen LogP contribution in [0.25, 0.3) is 22.2 Å². The second-order valence-electron chi connectivity index (χ2n) is 9.23. The maximum atomic E-state index is 14.7. The van der Waals surface area contributed by atoms with Crippen LogP contribution in [0.4, 0.5) is 10.3 Å². The molecule has 0 spiro atoms. The summed E-state index contributed by atoms with van der Waals surface area (Å²) < 4.78 is 22.2. The van der Waals surface area contributed by atoms with E-state index in [1.165, 1.54) is 0 Å². The van der Waals surface area contributed by atoms with Crippen molar-refractivity contribution in [3.63, 3.8) is 0 Å². The standard InChI is InChI=1S/C25H29FN6O2/c1-25(33,17-3-4-17)6-5-18-13-19-20(23-21(26)14-29-24(27)30-23)16-32(22(19)15-28-18)8-2-7-31-9-11-34-12-10-31/h13-17,33H,2-4,7-12H2,1H3,(H2,27,29,30). The van der Waals surface area contributed by atoms with E-state index in [0.717, 1.165) is 75.8 Å². The molecule has 0 radical (unpaired) electrons. The van der Waals surface area contributed by atoms with Crippen molar-refractivity contribution in [1.82, 2.24) is 24.4 Å². The molecule has 0 aromatic carbocycles. The van der Waals surface area contributed by atoms with E-state index in [1.54, 1.807) is 13.1 Å². The van der Waals surface area contributed by atoms with E-state index in [0.29, 0.717) is 11.3 Å². The Morgan fingerprint density at radius 1 is 1.24 bits per heavy atom. The van der Waals surface area contributed by atoms with Crippen molar-refractivity contribution >= 4 is 16.9 Å². The van der Waals surface area contributed by atoms with E-state index in [1.807, 2.05) is 12.3 Å². The lowest BCUT2D eigenvalue weighted by Gasteiger charge is -2.26. The van der Waals surface area contributed by atoms with Crippen molar-refractivity contribution in [2.75, 3.05) is 38.6 Å². The van der Waals surface area contributed by atoms with Gasteiger partial charge < -0.3 is 20.1 Å². The Kier molecular flexibility index (Phi) is 6.21. The van der Waals surface area contributed by atoms with Crippen molar-refractivity contribution < 1.29 is 14.2 Å². The fourth-order valence-corrected chi connectivity index (χ4v) is 4.43. The second-order valence-corrected chi connectivity index (χ2v) is 9.23. The summed E-state index contributed by atoms with van der Waals surface area (Å²) in [6.07, 6.45) is 7.65. The molecular formula is C25H29FN6O2. The lowest BCUT2D eigenvalue weighted by molar-refractivity contribution is 0.0370. The molecule has 2 aliphatic rings. The largest absolute Gasteiger partial charge is 0.379 e. The van der Waals surface area contributed by atoms with Crippen molar-refractivity contribution in [3.8, 4) is 23.1 Å². The first kappa shape index (κ1) is 22.7. The lowest BCUT2D eigenvalue weighted by atomic mass is 10.0. The van der Waals surface area contributed by atoms with Gasteiger partial charge in [-0.2, -0.15) is 0 Å². The third-order valence-electron chi connectivity index (χ3n) is 6.58. The molecule has 1 atom stereocenters. The van der Waals surface area contributed by atoms with Crippen molar-refractivity contribution in [3.05, 3.63) is 36.2 Å². The molecular weight excluding hydrogens is 435 g/mol. The molecule has 3 aromatic rings. The summed E-state index contributed by atoms with van der Waals surface area (Å²) in [7, 11) is 0. The van der Waals surface area contributed by atoms with Crippen molar-refractivity contribution in [2.45, 2.75) is 38.3 Å². The van der Waals surface area contributed by atoms with E-state index < -0.39 is 11.4 Å². The molecule has 1 saturated carbocycles. The van der Waals surface area contributed by atoms with E-state index in [-0.39, 0.29) is 17.6 Å². The molecule has 3 N–H and O–H groups in total. The topological polar surface area (TPSA) is 102 Å². The highest BCUT2D eigenvalue weighted by Gasteiger charge is 2.38. The number of nitrogens with two attached hydrogens (primary N) is 1. The first-order valence-corrected chi connectivity index (χ1v) is 11.7. The quantitative estimate of drug-likeness (QED) is 0.540. The number of aliphatic hydroxyl groups is 1. The van der Waals surface area contributed by atoms with Crippen LogP contribution in [0.1, 0.15) is 31.9 Å².